The number of pyridine rings is 1. The first kappa shape index (κ1) is 13.6. The second-order valence-corrected chi connectivity index (χ2v) is 3.95. The SMILES string of the molecule is Fc1ccc(Oc2cnccc2Cl)c(C(F)(F)F)c1. The summed E-state index contributed by atoms with van der Waals surface area (Å²) in [5.41, 5.74) is -1.22. The van der Waals surface area contributed by atoms with Crippen LogP contribution in [0.25, 0.3) is 0 Å². The van der Waals surface area contributed by atoms with E-state index < -0.39 is 23.3 Å². The van der Waals surface area contributed by atoms with E-state index in [9.17, 15) is 17.6 Å². The Balaban J connectivity index is 2.44. The first-order valence-corrected chi connectivity index (χ1v) is 5.40. The van der Waals surface area contributed by atoms with Crippen molar-refractivity contribution < 1.29 is 22.3 Å². The maximum Gasteiger partial charge on any atom is 0.420 e. The molecule has 0 unspecified atom stereocenters. The zero-order valence-electron chi connectivity index (χ0n) is 9.21. The molecule has 7 heteroatoms. The molecule has 19 heavy (non-hydrogen) atoms. The number of nitrogens with zero attached hydrogens (tertiary/aromatic N) is 1. The molecule has 0 amide bonds. The average Bonchev–Trinajstić information content (AvgIpc) is 2.33. The Labute approximate surface area is 110 Å². The largest absolute Gasteiger partial charge is 0.454 e. The van der Waals surface area contributed by atoms with E-state index in [1.165, 1.54) is 18.5 Å². The lowest BCUT2D eigenvalue weighted by Gasteiger charge is -2.14. The van der Waals surface area contributed by atoms with Crippen molar-refractivity contribution in [1.29, 1.82) is 0 Å². The van der Waals surface area contributed by atoms with E-state index in [0.29, 0.717) is 6.07 Å². The van der Waals surface area contributed by atoms with E-state index in [1.54, 1.807) is 0 Å². The highest BCUT2D eigenvalue weighted by atomic mass is 35.5. The van der Waals surface area contributed by atoms with Crippen LogP contribution in [-0.4, -0.2) is 4.98 Å². The van der Waals surface area contributed by atoms with Gasteiger partial charge in [0.15, 0.2) is 5.75 Å². The van der Waals surface area contributed by atoms with Gasteiger partial charge in [0.1, 0.15) is 17.1 Å². The van der Waals surface area contributed by atoms with Gasteiger partial charge in [-0.3, -0.25) is 4.98 Å². The standard InChI is InChI=1S/C12H6ClF4NO/c13-9-3-4-18-6-11(9)19-10-2-1-7(14)5-8(10)12(15,16)17/h1-6H. The van der Waals surface area contributed by atoms with Gasteiger partial charge in [-0.05, 0) is 24.3 Å². The van der Waals surface area contributed by atoms with Crippen molar-refractivity contribution >= 4 is 11.6 Å². The molecule has 2 aromatic rings. The van der Waals surface area contributed by atoms with Gasteiger partial charge in [-0.2, -0.15) is 13.2 Å². The van der Waals surface area contributed by atoms with Gasteiger partial charge >= 0.3 is 6.18 Å². The molecular formula is C12H6ClF4NO. The molecule has 1 aromatic heterocycles. The molecule has 0 radical (unpaired) electrons. The second kappa shape index (κ2) is 5.05. The van der Waals surface area contributed by atoms with Gasteiger partial charge in [0.2, 0.25) is 0 Å². The monoisotopic (exact) mass is 291 g/mol. The van der Waals surface area contributed by atoms with Crippen LogP contribution in [0.2, 0.25) is 5.02 Å². The number of benzene rings is 1. The van der Waals surface area contributed by atoms with Gasteiger partial charge < -0.3 is 4.74 Å². The lowest BCUT2D eigenvalue weighted by Crippen LogP contribution is -2.07. The van der Waals surface area contributed by atoms with E-state index in [2.05, 4.69) is 4.98 Å². The normalized spacial score (nSPS) is 11.4. The van der Waals surface area contributed by atoms with Crippen molar-refractivity contribution in [2.24, 2.45) is 0 Å². The van der Waals surface area contributed by atoms with Crippen molar-refractivity contribution in [2.45, 2.75) is 6.18 Å². The van der Waals surface area contributed by atoms with E-state index in [0.717, 1.165) is 12.1 Å². The molecule has 0 aliphatic heterocycles. The van der Waals surface area contributed by atoms with Crippen LogP contribution in [0.1, 0.15) is 5.56 Å². The summed E-state index contributed by atoms with van der Waals surface area (Å²) in [6, 6.07) is 3.49. The molecule has 0 aliphatic rings. The zero-order valence-corrected chi connectivity index (χ0v) is 9.97. The van der Waals surface area contributed by atoms with Gasteiger partial charge in [-0.25, -0.2) is 4.39 Å². The van der Waals surface area contributed by atoms with Crippen LogP contribution in [0.5, 0.6) is 11.5 Å². The molecule has 0 bridgehead atoms. The van der Waals surface area contributed by atoms with Gasteiger partial charge in [0.05, 0.1) is 11.2 Å². The summed E-state index contributed by atoms with van der Waals surface area (Å²) in [5, 5.41) is 0.104. The minimum absolute atomic E-state index is 0.0405. The number of aromatic nitrogens is 1. The van der Waals surface area contributed by atoms with E-state index in [1.807, 2.05) is 0 Å². The third kappa shape index (κ3) is 3.14. The Morgan fingerprint density at radius 2 is 1.84 bits per heavy atom. The summed E-state index contributed by atoms with van der Waals surface area (Å²) in [6.07, 6.45) is -2.19. The highest BCUT2D eigenvalue weighted by Crippen LogP contribution is 2.39. The highest BCUT2D eigenvalue weighted by Gasteiger charge is 2.35. The van der Waals surface area contributed by atoms with Crippen LogP contribution in [-0.2, 0) is 6.18 Å². The number of hydrogen-bond acceptors (Lipinski definition) is 2. The van der Waals surface area contributed by atoms with Gasteiger partial charge in [-0.1, -0.05) is 11.6 Å². The Morgan fingerprint density at radius 1 is 1.11 bits per heavy atom. The average molecular weight is 292 g/mol. The molecule has 2 rings (SSSR count). The number of halogens is 5. The fourth-order valence-corrected chi connectivity index (χ4v) is 1.51. The Kier molecular flexibility index (Phi) is 3.61. The van der Waals surface area contributed by atoms with Crippen LogP contribution >= 0.6 is 11.6 Å². The summed E-state index contributed by atoms with van der Waals surface area (Å²) >= 11 is 5.75. The first-order valence-electron chi connectivity index (χ1n) is 5.02. The summed E-state index contributed by atoms with van der Waals surface area (Å²) in [7, 11) is 0. The molecule has 0 saturated heterocycles. The van der Waals surface area contributed by atoms with Crippen molar-refractivity contribution in [2.75, 3.05) is 0 Å². The smallest absolute Gasteiger partial charge is 0.420 e. The Bertz CT molecular complexity index is 601. The number of rotatable bonds is 2. The van der Waals surface area contributed by atoms with Crippen LogP contribution in [0, 0.1) is 5.82 Å². The van der Waals surface area contributed by atoms with Crippen molar-refractivity contribution in [3.05, 3.63) is 53.1 Å². The van der Waals surface area contributed by atoms with Gasteiger partial charge in [0.25, 0.3) is 0 Å². The van der Waals surface area contributed by atoms with Crippen LogP contribution < -0.4 is 4.74 Å². The predicted molar refractivity (Wildman–Crippen MR) is 60.7 cm³/mol. The lowest BCUT2D eigenvalue weighted by atomic mass is 10.2. The molecule has 0 spiro atoms. The number of alkyl halides is 3. The molecule has 0 atom stereocenters. The molecule has 100 valence electrons. The molecule has 1 heterocycles. The number of hydrogen-bond donors (Lipinski definition) is 0. The molecule has 0 fully saturated rings. The molecule has 0 aliphatic carbocycles. The molecule has 2 nitrogen and oxygen atoms in total. The van der Waals surface area contributed by atoms with Crippen molar-refractivity contribution in [3.8, 4) is 11.5 Å². The first-order chi connectivity index (χ1) is 8.88. The molecule has 0 N–H and O–H groups in total. The maximum absolute atomic E-state index is 12.9. The quantitative estimate of drug-likeness (QED) is 0.749. The van der Waals surface area contributed by atoms with Crippen LogP contribution in [0.15, 0.2) is 36.7 Å². The second-order valence-electron chi connectivity index (χ2n) is 3.55. The molecule has 1 aromatic carbocycles. The van der Waals surface area contributed by atoms with E-state index in [4.69, 9.17) is 16.3 Å². The fraction of sp³-hybridized carbons (Fsp3) is 0.0833. The van der Waals surface area contributed by atoms with Crippen LogP contribution in [0.4, 0.5) is 17.6 Å². The predicted octanol–water partition coefficient (Wildman–Crippen LogP) is 4.69. The summed E-state index contributed by atoms with van der Waals surface area (Å²) < 4.78 is 56.2. The van der Waals surface area contributed by atoms with E-state index >= 15 is 0 Å². The van der Waals surface area contributed by atoms with Crippen molar-refractivity contribution in [1.82, 2.24) is 4.98 Å². The Morgan fingerprint density at radius 3 is 2.47 bits per heavy atom. The minimum atomic E-state index is -4.73. The summed E-state index contributed by atoms with van der Waals surface area (Å²) in [5.74, 6) is -1.58. The number of ether oxygens (including phenoxy) is 1. The summed E-state index contributed by atoms with van der Waals surface area (Å²) in [6.45, 7) is 0. The Hall–Kier alpha value is -1.82. The zero-order chi connectivity index (χ0) is 14.0. The van der Waals surface area contributed by atoms with Gasteiger partial charge in [-0.15, -0.1) is 0 Å². The fourth-order valence-electron chi connectivity index (χ4n) is 1.37. The van der Waals surface area contributed by atoms with Crippen LogP contribution in [0.3, 0.4) is 0 Å². The minimum Gasteiger partial charge on any atom is -0.454 e. The van der Waals surface area contributed by atoms with Crippen molar-refractivity contribution in [3.63, 3.8) is 0 Å². The van der Waals surface area contributed by atoms with E-state index in [-0.39, 0.29) is 10.8 Å². The highest BCUT2D eigenvalue weighted by molar-refractivity contribution is 6.32. The molecular weight excluding hydrogens is 286 g/mol. The third-order valence-corrected chi connectivity index (χ3v) is 2.51. The van der Waals surface area contributed by atoms with Gasteiger partial charge in [0, 0.05) is 6.20 Å². The topological polar surface area (TPSA) is 22.1 Å². The molecule has 0 saturated carbocycles. The maximum atomic E-state index is 12.9. The third-order valence-electron chi connectivity index (χ3n) is 2.20. The summed E-state index contributed by atoms with van der Waals surface area (Å²) in [4.78, 5) is 3.69. The lowest BCUT2D eigenvalue weighted by molar-refractivity contribution is -0.138.